The summed E-state index contributed by atoms with van der Waals surface area (Å²) in [5.41, 5.74) is 3.62. The van der Waals surface area contributed by atoms with Crippen molar-refractivity contribution in [2.75, 3.05) is 13.1 Å². The number of halogens is 1. The van der Waals surface area contributed by atoms with Gasteiger partial charge in [-0.1, -0.05) is 11.6 Å². The van der Waals surface area contributed by atoms with Crippen molar-refractivity contribution < 1.29 is 9.90 Å². The molecule has 0 saturated carbocycles. The molecule has 1 aliphatic heterocycles. The molecule has 0 aliphatic carbocycles. The third-order valence-electron chi connectivity index (χ3n) is 3.66. The molecule has 0 bridgehead atoms. The number of nitrogens with one attached hydrogen (secondary N) is 1. The Morgan fingerprint density at radius 2 is 2.32 bits per heavy atom. The van der Waals surface area contributed by atoms with Crippen LogP contribution in [0.1, 0.15) is 17.7 Å². The first-order valence-corrected chi connectivity index (χ1v) is 6.74. The van der Waals surface area contributed by atoms with Crippen LogP contribution in [-0.2, 0) is 17.8 Å². The summed E-state index contributed by atoms with van der Waals surface area (Å²) >= 11 is 6.04. The van der Waals surface area contributed by atoms with Crippen LogP contribution < -0.4 is 0 Å². The molecule has 0 fully saturated rings. The zero-order chi connectivity index (χ0) is 13.4. The molecule has 3 rings (SSSR count). The summed E-state index contributed by atoms with van der Waals surface area (Å²) in [6, 6.07) is 5.88. The maximum absolute atomic E-state index is 10.6. The van der Waals surface area contributed by atoms with Gasteiger partial charge in [0.15, 0.2) is 0 Å². The first-order valence-electron chi connectivity index (χ1n) is 6.36. The van der Waals surface area contributed by atoms with Gasteiger partial charge in [-0.05, 0) is 30.2 Å². The molecule has 1 aromatic heterocycles. The maximum atomic E-state index is 10.6. The molecule has 2 N–H and O–H groups in total. The van der Waals surface area contributed by atoms with Crippen LogP contribution >= 0.6 is 11.6 Å². The summed E-state index contributed by atoms with van der Waals surface area (Å²) < 4.78 is 0. The molecular weight excluding hydrogens is 264 g/mol. The van der Waals surface area contributed by atoms with E-state index >= 15 is 0 Å². The highest BCUT2D eigenvalue weighted by Crippen LogP contribution is 2.29. The van der Waals surface area contributed by atoms with Gasteiger partial charge in [0.1, 0.15) is 0 Å². The Morgan fingerprint density at radius 1 is 1.47 bits per heavy atom. The number of hydrogen-bond donors (Lipinski definition) is 2. The SMILES string of the molecule is O=C(O)CCN1CCc2c([nH]c3ccc(Cl)cc23)C1. The molecule has 1 aromatic carbocycles. The van der Waals surface area contributed by atoms with E-state index in [4.69, 9.17) is 16.7 Å². The Bertz CT molecular complexity index is 636. The third kappa shape index (κ3) is 2.46. The number of carboxylic acid groups (broad SMARTS) is 1. The van der Waals surface area contributed by atoms with Crippen molar-refractivity contribution in [2.24, 2.45) is 0 Å². The number of aromatic amines is 1. The van der Waals surface area contributed by atoms with E-state index < -0.39 is 5.97 Å². The lowest BCUT2D eigenvalue weighted by molar-refractivity contribution is -0.137. The van der Waals surface area contributed by atoms with E-state index in [0.29, 0.717) is 6.54 Å². The van der Waals surface area contributed by atoms with E-state index in [1.165, 1.54) is 16.6 Å². The molecule has 0 atom stereocenters. The molecule has 100 valence electrons. The van der Waals surface area contributed by atoms with Gasteiger partial charge in [-0.2, -0.15) is 0 Å². The number of benzene rings is 1. The summed E-state index contributed by atoms with van der Waals surface area (Å²) in [6.07, 6.45) is 1.14. The highest BCUT2D eigenvalue weighted by molar-refractivity contribution is 6.31. The number of carboxylic acids is 1. The molecule has 1 aliphatic rings. The van der Waals surface area contributed by atoms with Crippen molar-refractivity contribution in [1.82, 2.24) is 9.88 Å². The average molecular weight is 279 g/mol. The second-order valence-corrected chi connectivity index (χ2v) is 5.38. The highest BCUT2D eigenvalue weighted by Gasteiger charge is 2.20. The number of hydrogen-bond acceptors (Lipinski definition) is 2. The Morgan fingerprint density at radius 3 is 3.11 bits per heavy atom. The predicted molar refractivity (Wildman–Crippen MR) is 74.5 cm³/mol. The van der Waals surface area contributed by atoms with Gasteiger partial charge in [0.25, 0.3) is 0 Å². The van der Waals surface area contributed by atoms with Crippen molar-refractivity contribution >= 4 is 28.5 Å². The van der Waals surface area contributed by atoms with Gasteiger partial charge in [0.2, 0.25) is 0 Å². The molecule has 0 saturated heterocycles. The summed E-state index contributed by atoms with van der Waals surface area (Å²) in [4.78, 5) is 16.2. The average Bonchev–Trinajstić information content (AvgIpc) is 2.73. The van der Waals surface area contributed by atoms with Gasteiger partial charge in [-0.25, -0.2) is 0 Å². The lowest BCUT2D eigenvalue weighted by atomic mass is 10.0. The molecule has 0 radical (unpaired) electrons. The van der Waals surface area contributed by atoms with Crippen LogP contribution in [0.5, 0.6) is 0 Å². The van der Waals surface area contributed by atoms with E-state index in [0.717, 1.165) is 30.0 Å². The Labute approximate surface area is 116 Å². The van der Waals surface area contributed by atoms with Gasteiger partial charge in [-0.3, -0.25) is 9.69 Å². The quantitative estimate of drug-likeness (QED) is 0.907. The van der Waals surface area contributed by atoms with Crippen LogP contribution in [0.3, 0.4) is 0 Å². The van der Waals surface area contributed by atoms with Crippen molar-refractivity contribution in [3.8, 4) is 0 Å². The fourth-order valence-corrected chi connectivity index (χ4v) is 2.89. The van der Waals surface area contributed by atoms with Gasteiger partial charge in [-0.15, -0.1) is 0 Å². The Kier molecular flexibility index (Phi) is 3.21. The standard InChI is InChI=1S/C14H15ClN2O2/c15-9-1-2-12-11(7-9)10-3-5-17(6-4-14(18)19)8-13(10)16-12/h1-2,7,16H,3-6,8H2,(H,18,19). The molecule has 5 heteroatoms. The zero-order valence-electron chi connectivity index (χ0n) is 10.4. The molecule has 2 heterocycles. The first kappa shape index (κ1) is 12.5. The summed E-state index contributed by atoms with van der Waals surface area (Å²) in [5, 5.41) is 10.7. The minimum Gasteiger partial charge on any atom is -0.481 e. The summed E-state index contributed by atoms with van der Waals surface area (Å²) in [7, 11) is 0. The topological polar surface area (TPSA) is 56.3 Å². The first-order chi connectivity index (χ1) is 9.13. The largest absolute Gasteiger partial charge is 0.481 e. The molecule has 4 nitrogen and oxygen atoms in total. The predicted octanol–water partition coefficient (Wildman–Crippen LogP) is 2.65. The number of carbonyl (C=O) groups is 1. The molecule has 2 aromatic rings. The summed E-state index contributed by atoms with van der Waals surface area (Å²) in [6.45, 7) is 2.29. The van der Waals surface area contributed by atoms with Crippen LogP contribution in [0.2, 0.25) is 5.02 Å². The second-order valence-electron chi connectivity index (χ2n) is 4.94. The van der Waals surface area contributed by atoms with Crippen LogP contribution in [0, 0.1) is 0 Å². The lowest BCUT2D eigenvalue weighted by Crippen LogP contribution is -2.32. The number of rotatable bonds is 3. The monoisotopic (exact) mass is 278 g/mol. The Hall–Kier alpha value is -1.52. The molecule has 19 heavy (non-hydrogen) atoms. The molecular formula is C14H15ClN2O2. The maximum Gasteiger partial charge on any atom is 0.304 e. The fraction of sp³-hybridized carbons (Fsp3) is 0.357. The minimum absolute atomic E-state index is 0.196. The lowest BCUT2D eigenvalue weighted by Gasteiger charge is -2.26. The van der Waals surface area contributed by atoms with Crippen molar-refractivity contribution in [2.45, 2.75) is 19.4 Å². The molecule has 0 amide bonds. The minimum atomic E-state index is -0.741. The van der Waals surface area contributed by atoms with Crippen LogP contribution in [0.4, 0.5) is 0 Å². The molecule has 0 spiro atoms. The number of H-pyrrole nitrogens is 1. The van der Waals surface area contributed by atoms with E-state index in [1.807, 2.05) is 18.2 Å². The van der Waals surface area contributed by atoms with Crippen LogP contribution in [0.15, 0.2) is 18.2 Å². The number of nitrogens with zero attached hydrogens (tertiary/aromatic N) is 1. The van der Waals surface area contributed by atoms with Gasteiger partial charge in [0, 0.05) is 41.3 Å². The zero-order valence-corrected chi connectivity index (χ0v) is 11.2. The van der Waals surface area contributed by atoms with Crippen molar-refractivity contribution in [1.29, 1.82) is 0 Å². The summed E-state index contributed by atoms with van der Waals surface area (Å²) in [5.74, 6) is -0.741. The van der Waals surface area contributed by atoms with Crippen LogP contribution in [0.25, 0.3) is 10.9 Å². The third-order valence-corrected chi connectivity index (χ3v) is 3.89. The Balaban J connectivity index is 1.85. The fourth-order valence-electron chi connectivity index (χ4n) is 2.71. The van der Waals surface area contributed by atoms with E-state index in [9.17, 15) is 4.79 Å². The van der Waals surface area contributed by atoms with Gasteiger partial charge in [0.05, 0.1) is 6.42 Å². The number of aromatic nitrogens is 1. The second kappa shape index (κ2) is 4.87. The van der Waals surface area contributed by atoms with Crippen molar-refractivity contribution in [3.05, 3.63) is 34.5 Å². The van der Waals surface area contributed by atoms with E-state index in [-0.39, 0.29) is 6.42 Å². The number of fused-ring (bicyclic) bond motifs is 3. The van der Waals surface area contributed by atoms with Gasteiger partial charge >= 0.3 is 5.97 Å². The normalized spacial score (nSPS) is 15.6. The molecule has 0 unspecified atom stereocenters. The smallest absolute Gasteiger partial charge is 0.304 e. The van der Waals surface area contributed by atoms with Crippen LogP contribution in [-0.4, -0.2) is 34.0 Å². The van der Waals surface area contributed by atoms with Crippen molar-refractivity contribution in [3.63, 3.8) is 0 Å². The van der Waals surface area contributed by atoms with Gasteiger partial charge < -0.3 is 10.1 Å². The van der Waals surface area contributed by atoms with E-state index in [1.54, 1.807) is 0 Å². The van der Waals surface area contributed by atoms with E-state index in [2.05, 4.69) is 9.88 Å². The number of aliphatic carboxylic acids is 1. The highest BCUT2D eigenvalue weighted by atomic mass is 35.5.